The molecule has 0 atom stereocenters. The second-order valence-corrected chi connectivity index (χ2v) is 6.26. The summed E-state index contributed by atoms with van der Waals surface area (Å²) in [6.45, 7) is 3.36. The Bertz CT molecular complexity index is 636. The zero-order chi connectivity index (χ0) is 15.5. The van der Waals surface area contributed by atoms with Gasteiger partial charge in [-0.05, 0) is 43.4 Å². The Balaban J connectivity index is 1.61. The summed E-state index contributed by atoms with van der Waals surface area (Å²) in [4.78, 5) is 21.6. The quantitative estimate of drug-likeness (QED) is 0.866. The number of pyridine rings is 1. The average molecular weight is 317 g/mol. The van der Waals surface area contributed by atoms with E-state index in [4.69, 9.17) is 0 Å². The van der Waals surface area contributed by atoms with Gasteiger partial charge in [0.2, 0.25) is 0 Å². The first-order valence-corrected chi connectivity index (χ1v) is 8.16. The second-order valence-electron chi connectivity index (χ2n) is 5.51. The van der Waals surface area contributed by atoms with Gasteiger partial charge in [0.1, 0.15) is 10.7 Å². The minimum absolute atomic E-state index is 0.0615. The average Bonchev–Trinajstić information content (AvgIpc) is 3.00. The van der Waals surface area contributed by atoms with Gasteiger partial charge in [-0.25, -0.2) is 4.98 Å². The molecule has 0 unspecified atom stereocenters. The normalized spacial score (nSPS) is 15.8. The molecule has 0 radical (unpaired) electrons. The molecule has 1 aliphatic heterocycles. The molecule has 0 spiro atoms. The van der Waals surface area contributed by atoms with Gasteiger partial charge in [-0.15, -0.1) is 5.10 Å². The third kappa shape index (κ3) is 2.94. The summed E-state index contributed by atoms with van der Waals surface area (Å²) >= 11 is 1.18. The largest absolute Gasteiger partial charge is 0.357 e. The third-order valence-corrected chi connectivity index (χ3v) is 4.97. The van der Waals surface area contributed by atoms with Crippen molar-refractivity contribution in [3.05, 3.63) is 35.0 Å². The molecular weight excluding hydrogens is 298 g/mol. The van der Waals surface area contributed by atoms with Crippen molar-refractivity contribution in [1.82, 2.24) is 19.5 Å². The third-order valence-electron chi connectivity index (χ3n) is 4.16. The Labute approximate surface area is 133 Å². The highest BCUT2D eigenvalue weighted by Crippen LogP contribution is 2.22. The SMILES string of the molecule is Cc1nnsc1C(=O)N1CCC(N(C)c2ccccn2)CC1. The standard InChI is InChI=1S/C15H19N5OS/c1-11-14(22-18-17-11)15(21)20-9-6-12(7-10-20)19(2)13-5-3-4-8-16-13/h3-5,8,12H,6-7,9-10H2,1-2H3. The van der Waals surface area contributed by atoms with Crippen molar-refractivity contribution < 1.29 is 4.79 Å². The van der Waals surface area contributed by atoms with E-state index in [-0.39, 0.29) is 5.91 Å². The van der Waals surface area contributed by atoms with Gasteiger partial charge in [0.15, 0.2) is 0 Å². The molecule has 0 N–H and O–H groups in total. The predicted molar refractivity (Wildman–Crippen MR) is 86.2 cm³/mol. The van der Waals surface area contributed by atoms with Crippen molar-refractivity contribution in [1.29, 1.82) is 0 Å². The van der Waals surface area contributed by atoms with Gasteiger partial charge in [0, 0.05) is 32.4 Å². The van der Waals surface area contributed by atoms with Crippen molar-refractivity contribution >= 4 is 23.3 Å². The van der Waals surface area contributed by atoms with E-state index in [9.17, 15) is 4.79 Å². The Morgan fingerprint density at radius 2 is 2.14 bits per heavy atom. The van der Waals surface area contributed by atoms with Crippen LogP contribution in [0, 0.1) is 6.92 Å². The number of aromatic nitrogens is 3. The van der Waals surface area contributed by atoms with Gasteiger partial charge in [0.25, 0.3) is 5.91 Å². The lowest BCUT2D eigenvalue weighted by Gasteiger charge is -2.37. The molecule has 1 fully saturated rings. The highest BCUT2D eigenvalue weighted by atomic mass is 32.1. The summed E-state index contributed by atoms with van der Waals surface area (Å²) in [5, 5.41) is 3.92. The van der Waals surface area contributed by atoms with E-state index >= 15 is 0 Å². The van der Waals surface area contributed by atoms with E-state index in [1.807, 2.05) is 36.2 Å². The van der Waals surface area contributed by atoms with Crippen LogP contribution in [0.3, 0.4) is 0 Å². The minimum atomic E-state index is 0.0615. The molecule has 22 heavy (non-hydrogen) atoms. The second kappa shape index (κ2) is 6.39. The number of rotatable bonds is 3. The molecule has 3 heterocycles. The molecular formula is C15H19N5OS. The lowest BCUT2D eigenvalue weighted by molar-refractivity contribution is 0.0717. The number of piperidine rings is 1. The van der Waals surface area contributed by atoms with Crippen LogP contribution < -0.4 is 4.90 Å². The fraction of sp³-hybridized carbons (Fsp3) is 0.467. The van der Waals surface area contributed by atoms with Gasteiger partial charge in [-0.3, -0.25) is 4.79 Å². The van der Waals surface area contributed by atoms with Crippen LogP contribution >= 0.6 is 11.5 Å². The van der Waals surface area contributed by atoms with Crippen LogP contribution in [0.2, 0.25) is 0 Å². The molecule has 1 amide bonds. The number of carbonyl (C=O) groups excluding carboxylic acids is 1. The molecule has 2 aromatic rings. The molecule has 0 bridgehead atoms. The van der Waals surface area contributed by atoms with Gasteiger partial charge in [0.05, 0.1) is 5.69 Å². The Hall–Kier alpha value is -2.02. The van der Waals surface area contributed by atoms with Crippen LogP contribution in [0.1, 0.15) is 28.2 Å². The first-order valence-electron chi connectivity index (χ1n) is 7.39. The predicted octanol–water partition coefficient (Wildman–Crippen LogP) is 1.98. The molecule has 6 nitrogen and oxygen atoms in total. The van der Waals surface area contributed by atoms with Crippen LogP contribution in [-0.4, -0.2) is 51.6 Å². The van der Waals surface area contributed by atoms with E-state index < -0.39 is 0 Å². The number of carbonyl (C=O) groups is 1. The fourth-order valence-electron chi connectivity index (χ4n) is 2.78. The number of anilines is 1. The Morgan fingerprint density at radius 3 is 2.73 bits per heavy atom. The molecule has 0 aromatic carbocycles. The van der Waals surface area contributed by atoms with E-state index in [0.717, 1.165) is 37.4 Å². The van der Waals surface area contributed by atoms with Crippen molar-refractivity contribution in [2.45, 2.75) is 25.8 Å². The number of nitrogens with zero attached hydrogens (tertiary/aromatic N) is 5. The lowest BCUT2D eigenvalue weighted by atomic mass is 10.0. The highest BCUT2D eigenvalue weighted by molar-refractivity contribution is 7.07. The maximum Gasteiger partial charge on any atom is 0.267 e. The summed E-state index contributed by atoms with van der Waals surface area (Å²) in [6, 6.07) is 6.35. The van der Waals surface area contributed by atoms with Crippen LogP contribution in [0.25, 0.3) is 0 Å². The maximum atomic E-state index is 12.5. The molecule has 1 saturated heterocycles. The molecule has 0 aliphatic carbocycles. The number of aryl methyl sites for hydroxylation is 1. The molecule has 1 aliphatic rings. The summed E-state index contributed by atoms with van der Waals surface area (Å²) < 4.78 is 3.85. The smallest absolute Gasteiger partial charge is 0.267 e. The Morgan fingerprint density at radius 1 is 1.36 bits per heavy atom. The molecule has 0 saturated carbocycles. The molecule has 3 rings (SSSR count). The van der Waals surface area contributed by atoms with Gasteiger partial charge in [-0.2, -0.15) is 0 Å². The lowest BCUT2D eigenvalue weighted by Crippen LogP contribution is -2.45. The zero-order valence-corrected chi connectivity index (χ0v) is 13.6. The number of amides is 1. The van der Waals surface area contributed by atoms with Crippen LogP contribution in [-0.2, 0) is 0 Å². The van der Waals surface area contributed by atoms with E-state index in [1.54, 1.807) is 0 Å². The topological polar surface area (TPSA) is 62.2 Å². The fourth-order valence-corrected chi connectivity index (χ4v) is 3.40. The van der Waals surface area contributed by atoms with E-state index in [2.05, 4.69) is 26.5 Å². The highest BCUT2D eigenvalue weighted by Gasteiger charge is 2.28. The van der Waals surface area contributed by atoms with E-state index in [0.29, 0.717) is 10.9 Å². The van der Waals surface area contributed by atoms with Gasteiger partial charge >= 0.3 is 0 Å². The first kappa shape index (κ1) is 14.9. The zero-order valence-electron chi connectivity index (χ0n) is 12.8. The first-order chi connectivity index (χ1) is 10.7. The van der Waals surface area contributed by atoms with Crippen LogP contribution in [0.15, 0.2) is 24.4 Å². The summed E-state index contributed by atoms with van der Waals surface area (Å²) in [7, 11) is 2.07. The summed E-state index contributed by atoms with van der Waals surface area (Å²) in [6.07, 6.45) is 3.71. The van der Waals surface area contributed by atoms with Crippen LogP contribution in [0.4, 0.5) is 5.82 Å². The van der Waals surface area contributed by atoms with Gasteiger partial charge < -0.3 is 9.80 Å². The van der Waals surface area contributed by atoms with Crippen molar-refractivity contribution in [3.8, 4) is 0 Å². The van der Waals surface area contributed by atoms with Crippen LogP contribution in [0.5, 0.6) is 0 Å². The Kier molecular flexibility index (Phi) is 4.33. The van der Waals surface area contributed by atoms with Crippen molar-refractivity contribution in [3.63, 3.8) is 0 Å². The minimum Gasteiger partial charge on any atom is -0.357 e. The molecule has 116 valence electrons. The van der Waals surface area contributed by atoms with E-state index in [1.165, 1.54) is 11.5 Å². The molecule has 2 aromatic heterocycles. The maximum absolute atomic E-state index is 12.5. The molecule has 7 heteroatoms. The number of hydrogen-bond acceptors (Lipinski definition) is 6. The summed E-state index contributed by atoms with van der Waals surface area (Å²) in [5.41, 5.74) is 0.725. The number of likely N-dealkylation sites (tertiary alicyclic amines) is 1. The van der Waals surface area contributed by atoms with Crippen molar-refractivity contribution in [2.24, 2.45) is 0 Å². The van der Waals surface area contributed by atoms with Gasteiger partial charge in [-0.1, -0.05) is 10.6 Å². The summed E-state index contributed by atoms with van der Waals surface area (Å²) in [5.74, 6) is 1.04. The number of hydrogen-bond donors (Lipinski definition) is 0. The van der Waals surface area contributed by atoms with Crippen molar-refractivity contribution in [2.75, 3.05) is 25.0 Å². The monoisotopic (exact) mass is 317 g/mol.